The van der Waals surface area contributed by atoms with Crippen LogP contribution in [0.2, 0.25) is 0 Å². The second-order valence-corrected chi connectivity index (χ2v) is 10.7. The number of alkyl carbamates (subject to hydrolysis) is 1. The summed E-state index contributed by atoms with van der Waals surface area (Å²) in [4.78, 5) is 49.1. The summed E-state index contributed by atoms with van der Waals surface area (Å²) < 4.78 is 5.30. The number of hydrogen-bond acceptors (Lipinski definition) is 5. The van der Waals surface area contributed by atoms with Crippen LogP contribution in [-0.4, -0.2) is 53.2 Å². The molecule has 1 aliphatic carbocycles. The molecule has 3 amide bonds. The van der Waals surface area contributed by atoms with Gasteiger partial charge in [-0.05, 0) is 64.2 Å². The van der Waals surface area contributed by atoms with Crippen LogP contribution in [0.1, 0.15) is 87.0 Å². The Morgan fingerprint density at radius 3 is 1.91 bits per heavy atom. The average molecular weight is 484 g/mol. The van der Waals surface area contributed by atoms with E-state index >= 15 is 0 Å². The number of carbonyl (C=O) groups is 4. The number of ether oxygens (including phenoxy) is 1. The summed E-state index contributed by atoms with van der Waals surface area (Å²) in [5.41, 5.74) is -0.648. The van der Waals surface area contributed by atoms with Crippen molar-refractivity contribution in [1.82, 2.24) is 16.0 Å². The summed E-state index contributed by atoms with van der Waals surface area (Å²) >= 11 is 0. The quantitative estimate of drug-likeness (QED) is 0.356. The summed E-state index contributed by atoms with van der Waals surface area (Å²) in [6.45, 7) is 13.4. The van der Waals surface area contributed by atoms with Gasteiger partial charge >= 0.3 is 12.1 Å². The van der Waals surface area contributed by atoms with Crippen LogP contribution in [0, 0.1) is 23.7 Å². The van der Waals surface area contributed by atoms with Gasteiger partial charge in [-0.25, -0.2) is 9.59 Å². The van der Waals surface area contributed by atoms with Crippen molar-refractivity contribution in [2.75, 3.05) is 6.54 Å². The lowest BCUT2D eigenvalue weighted by Gasteiger charge is -2.30. The van der Waals surface area contributed by atoms with E-state index in [1.54, 1.807) is 20.8 Å². The summed E-state index contributed by atoms with van der Waals surface area (Å²) in [7, 11) is 0. The fraction of sp³-hybridized carbons (Fsp3) is 0.840. The highest BCUT2D eigenvalue weighted by molar-refractivity contribution is 5.86. The van der Waals surface area contributed by atoms with Crippen LogP contribution in [0.4, 0.5) is 4.79 Å². The lowest BCUT2D eigenvalue weighted by molar-refractivity contribution is -0.144. The van der Waals surface area contributed by atoms with Crippen LogP contribution in [0.15, 0.2) is 0 Å². The van der Waals surface area contributed by atoms with E-state index in [1.165, 1.54) is 0 Å². The minimum Gasteiger partial charge on any atom is -0.480 e. The number of carbonyl (C=O) groups excluding carboxylic acids is 3. The normalized spacial score (nSPS) is 22.0. The van der Waals surface area contributed by atoms with Gasteiger partial charge in [0.25, 0.3) is 0 Å². The monoisotopic (exact) mass is 483 g/mol. The Hall–Kier alpha value is -2.32. The Balaban J connectivity index is 2.56. The van der Waals surface area contributed by atoms with Gasteiger partial charge in [-0.2, -0.15) is 0 Å². The van der Waals surface area contributed by atoms with Crippen molar-refractivity contribution in [3.63, 3.8) is 0 Å². The van der Waals surface area contributed by atoms with Gasteiger partial charge in [-0.1, -0.05) is 40.5 Å². The third-order valence-corrected chi connectivity index (χ3v) is 6.73. The Morgan fingerprint density at radius 1 is 0.912 bits per heavy atom. The first kappa shape index (κ1) is 29.7. The maximum Gasteiger partial charge on any atom is 0.408 e. The molecule has 0 aliphatic heterocycles. The van der Waals surface area contributed by atoms with Gasteiger partial charge < -0.3 is 25.8 Å². The van der Waals surface area contributed by atoms with E-state index in [9.17, 15) is 24.3 Å². The molecule has 196 valence electrons. The molecule has 0 heterocycles. The van der Waals surface area contributed by atoms with Gasteiger partial charge in [-0.3, -0.25) is 9.59 Å². The van der Waals surface area contributed by atoms with E-state index in [1.807, 2.05) is 27.7 Å². The minimum atomic E-state index is -1.00. The zero-order valence-corrected chi connectivity index (χ0v) is 21.9. The van der Waals surface area contributed by atoms with Crippen molar-refractivity contribution < 1.29 is 29.0 Å². The fourth-order valence-corrected chi connectivity index (χ4v) is 4.07. The first-order valence-electron chi connectivity index (χ1n) is 12.6. The molecule has 0 bridgehead atoms. The molecule has 0 radical (unpaired) electrons. The number of carboxylic acids is 1. The average Bonchev–Trinajstić information content (AvgIpc) is 2.77. The van der Waals surface area contributed by atoms with E-state index in [0.717, 1.165) is 19.3 Å². The van der Waals surface area contributed by atoms with E-state index in [4.69, 9.17) is 4.74 Å². The molecule has 1 rings (SSSR count). The Bertz CT molecular complexity index is 697. The van der Waals surface area contributed by atoms with Gasteiger partial charge in [0.05, 0.1) is 0 Å². The highest BCUT2D eigenvalue weighted by Gasteiger charge is 2.32. The van der Waals surface area contributed by atoms with Gasteiger partial charge in [0.1, 0.15) is 17.7 Å². The Kier molecular flexibility index (Phi) is 11.8. The second-order valence-electron chi connectivity index (χ2n) is 10.7. The zero-order chi connectivity index (χ0) is 26.1. The van der Waals surface area contributed by atoms with E-state index in [0.29, 0.717) is 25.8 Å². The maximum absolute atomic E-state index is 12.8. The topological polar surface area (TPSA) is 134 Å². The first-order chi connectivity index (χ1) is 15.8. The molecule has 1 aliphatic rings. The zero-order valence-electron chi connectivity index (χ0n) is 21.9. The van der Waals surface area contributed by atoms with Gasteiger partial charge in [0.15, 0.2) is 0 Å². The summed E-state index contributed by atoms with van der Waals surface area (Å²) in [5.74, 6) is -1.61. The molecule has 4 N–H and O–H groups in total. The standard InChI is InChI=1S/C25H45N3O6/c1-8-15(3)19(28-24(33)34-25(5,6)7)22(30)26-14-17-10-12-18(13-11-17)21(29)27-20(23(31)32)16(4)9-2/h15-20H,8-14H2,1-7H3,(H,26,30)(H,27,29)(H,28,33)(H,31,32)/t15-,16+,17?,18?,19-,20-/m0/s1. The van der Waals surface area contributed by atoms with Crippen molar-refractivity contribution in [3.8, 4) is 0 Å². The highest BCUT2D eigenvalue weighted by atomic mass is 16.6. The van der Waals surface area contributed by atoms with E-state index < -0.39 is 29.7 Å². The van der Waals surface area contributed by atoms with E-state index in [2.05, 4.69) is 16.0 Å². The van der Waals surface area contributed by atoms with Crippen LogP contribution in [0.25, 0.3) is 0 Å². The lowest BCUT2D eigenvalue weighted by atomic mass is 9.81. The lowest BCUT2D eigenvalue weighted by Crippen LogP contribution is -2.52. The number of amides is 3. The predicted octanol–water partition coefficient (Wildman–Crippen LogP) is 3.46. The Morgan fingerprint density at radius 2 is 1.44 bits per heavy atom. The van der Waals surface area contributed by atoms with Crippen LogP contribution >= 0.6 is 0 Å². The third kappa shape index (κ3) is 9.89. The number of carboxylic acid groups (broad SMARTS) is 1. The number of nitrogens with one attached hydrogen (secondary N) is 3. The van der Waals surface area contributed by atoms with Crippen molar-refractivity contribution in [1.29, 1.82) is 0 Å². The van der Waals surface area contributed by atoms with Crippen LogP contribution < -0.4 is 16.0 Å². The molecule has 0 unspecified atom stereocenters. The highest BCUT2D eigenvalue weighted by Crippen LogP contribution is 2.29. The van der Waals surface area contributed by atoms with Crippen molar-refractivity contribution in [3.05, 3.63) is 0 Å². The van der Waals surface area contributed by atoms with Crippen LogP contribution in [0.5, 0.6) is 0 Å². The second kappa shape index (κ2) is 13.5. The van der Waals surface area contributed by atoms with Crippen molar-refractivity contribution in [2.24, 2.45) is 23.7 Å². The summed E-state index contributed by atoms with van der Waals surface area (Å²) in [6, 6.07) is -1.56. The largest absolute Gasteiger partial charge is 0.480 e. The molecule has 34 heavy (non-hydrogen) atoms. The Labute approximate surface area is 204 Å². The van der Waals surface area contributed by atoms with Crippen LogP contribution in [0.3, 0.4) is 0 Å². The number of hydrogen-bond donors (Lipinski definition) is 4. The molecular weight excluding hydrogens is 438 g/mol. The molecule has 0 spiro atoms. The maximum atomic E-state index is 12.8. The predicted molar refractivity (Wildman–Crippen MR) is 130 cm³/mol. The molecule has 9 nitrogen and oxygen atoms in total. The van der Waals surface area contributed by atoms with Gasteiger partial charge in [-0.15, -0.1) is 0 Å². The molecule has 0 saturated heterocycles. The molecule has 0 aromatic rings. The number of aliphatic carboxylic acids is 1. The molecule has 4 atom stereocenters. The number of rotatable bonds is 11. The molecule has 1 fully saturated rings. The molecular formula is C25H45N3O6. The third-order valence-electron chi connectivity index (χ3n) is 6.73. The minimum absolute atomic E-state index is 0.0559. The smallest absolute Gasteiger partial charge is 0.408 e. The van der Waals surface area contributed by atoms with Crippen LogP contribution in [-0.2, 0) is 19.1 Å². The van der Waals surface area contributed by atoms with Crippen molar-refractivity contribution >= 4 is 23.9 Å². The fourth-order valence-electron chi connectivity index (χ4n) is 4.07. The SMILES string of the molecule is CC[C@@H](C)[C@H](NC(=O)C1CCC(CNC(=O)[C@@H](NC(=O)OC(C)(C)C)[C@@H](C)CC)CC1)C(=O)O. The summed E-state index contributed by atoms with van der Waals surface area (Å²) in [6.07, 6.45) is 3.64. The first-order valence-corrected chi connectivity index (χ1v) is 12.6. The van der Waals surface area contributed by atoms with Gasteiger partial charge in [0.2, 0.25) is 11.8 Å². The van der Waals surface area contributed by atoms with Gasteiger partial charge in [0, 0.05) is 12.5 Å². The van der Waals surface area contributed by atoms with Crippen molar-refractivity contribution in [2.45, 2.75) is 105 Å². The van der Waals surface area contributed by atoms with E-state index in [-0.39, 0.29) is 35.5 Å². The molecule has 9 heteroatoms. The molecule has 0 aromatic carbocycles. The molecule has 1 saturated carbocycles. The summed E-state index contributed by atoms with van der Waals surface area (Å²) in [5, 5.41) is 17.8. The molecule has 0 aromatic heterocycles.